The van der Waals surface area contributed by atoms with Crippen LogP contribution in [0.5, 0.6) is 0 Å². The summed E-state index contributed by atoms with van der Waals surface area (Å²) in [4.78, 5) is 6.86. The minimum Gasteiger partial charge on any atom is -0.385 e. The summed E-state index contributed by atoms with van der Waals surface area (Å²) < 4.78 is 5.07. The summed E-state index contributed by atoms with van der Waals surface area (Å²) in [5.74, 6) is 1.63. The van der Waals surface area contributed by atoms with Crippen molar-refractivity contribution in [3.8, 4) is 0 Å². The number of aryl methyl sites for hydroxylation is 1. The van der Waals surface area contributed by atoms with Gasteiger partial charge in [0, 0.05) is 40.4 Å². The van der Waals surface area contributed by atoms with E-state index in [1.165, 1.54) is 37.1 Å². The quantitative estimate of drug-likeness (QED) is 0.431. The molecule has 1 aromatic rings. The number of hydrogen-bond acceptors (Lipinski definition) is 3. The van der Waals surface area contributed by atoms with Crippen molar-refractivity contribution in [2.75, 3.05) is 46.9 Å². The highest BCUT2D eigenvalue weighted by Gasteiger charge is 2.19. The lowest BCUT2D eigenvalue weighted by Crippen LogP contribution is -2.43. The summed E-state index contributed by atoms with van der Waals surface area (Å²) in [7, 11) is 3.56. The molecule has 1 aliphatic rings. The molecule has 140 valence electrons. The van der Waals surface area contributed by atoms with Crippen LogP contribution >= 0.6 is 0 Å². The Bertz CT molecular complexity index is 507. The lowest BCUT2D eigenvalue weighted by Gasteiger charge is -2.32. The second-order valence-electron chi connectivity index (χ2n) is 6.93. The Kier molecular flexibility index (Phi) is 8.77. The maximum Gasteiger partial charge on any atom is 0.190 e. The molecule has 0 unspecified atom stereocenters. The van der Waals surface area contributed by atoms with Gasteiger partial charge < -0.3 is 15.4 Å². The summed E-state index contributed by atoms with van der Waals surface area (Å²) in [6.45, 7) is 8.25. The predicted octanol–water partition coefficient (Wildman–Crippen LogP) is 2.41. The van der Waals surface area contributed by atoms with Gasteiger partial charge in [-0.3, -0.25) is 9.89 Å². The number of methoxy groups -OCH3 is 1. The predicted molar refractivity (Wildman–Crippen MR) is 105 cm³/mol. The largest absolute Gasteiger partial charge is 0.385 e. The van der Waals surface area contributed by atoms with E-state index in [0.717, 1.165) is 44.5 Å². The number of nitrogens with zero attached hydrogens (tertiary/aromatic N) is 2. The minimum absolute atomic E-state index is 0.729. The summed E-state index contributed by atoms with van der Waals surface area (Å²) in [6, 6.07) is 8.92. The van der Waals surface area contributed by atoms with Crippen LogP contribution in [-0.4, -0.2) is 57.8 Å². The van der Waals surface area contributed by atoms with E-state index in [9.17, 15) is 0 Å². The number of rotatable bonds is 8. The fraction of sp³-hybridized carbons (Fsp3) is 0.650. The highest BCUT2D eigenvalue weighted by atomic mass is 16.5. The van der Waals surface area contributed by atoms with E-state index in [-0.39, 0.29) is 0 Å². The fourth-order valence-electron chi connectivity index (χ4n) is 3.19. The number of likely N-dealkylation sites (tertiary alicyclic amines) is 1. The molecule has 25 heavy (non-hydrogen) atoms. The van der Waals surface area contributed by atoms with Gasteiger partial charge in [0.2, 0.25) is 0 Å². The molecule has 1 fully saturated rings. The Labute approximate surface area is 152 Å². The third kappa shape index (κ3) is 7.45. The average molecular weight is 347 g/mol. The Hall–Kier alpha value is -1.59. The molecule has 0 spiro atoms. The lowest BCUT2D eigenvalue weighted by molar-refractivity contribution is 0.178. The number of hydrogen-bond donors (Lipinski definition) is 2. The van der Waals surface area contributed by atoms with Crippen LogP contribution in [0.4, 0.5) is 0 Å². The zero-order valence-corrected chi connectivity index (χ0v) is 16.1. The number of benzene rings is 1. The number of guanidine groups is 1. The maximum atomic E-state index is 5.07. The molecular formula is C20H34N4O. The molecule has 0 bridgehead atoms. The molecule has 0 aromatic heterocycles. The number of nitrogens with one attached hydrogen (secondary N) is 2. The zero-order valence-electron chi connectivity index (χ0n) is 16.1. The van der Waals surface area contributed by atoms with E-state index in [1.807, 2.05) is 7.05 Å². The molecule has 0 amide bonds. The van der Waals surface area contributed by atoms with Crippen LogP contribution in [0.25, 0.3) is 0 Å². The van der Waals surface area contributed by atoms with Gasteiger partial charge in [-0.25, -0.2) is 0 Å². The average Bonchev–Trinajstić information content (AvgIpc) is 2.64. The smallest absolute Gasteiger partial charge is 0.190 e. The van der Waals surface area contributed by atoms with Gasteiger partial charge in [0.25, 0.3) is 0 Å². The van der Waals surface area contributed by atoms with E-state index >= 15 is 0 Å². The maximum absolute atomic E-state index is 5.07. The van der Waals surface area contributed by atoms with Gasteiger partial charge in [-0.2, -0.15) is 0 Å². The van der Waals surface area contributed by atoms with Gasteiger partial charge in [-0.05, 0) is 50.8 Å². The summed E-state index contributed by atoms with van der Waals surface area (Å²) in [5.41, 5.74) is 2.75. The first kappa shape index (κ1) is 19.7. The molecule has 0 radical (unpaired) electrons. The molecule has 0 aliphatic carbocycles. The van der Waals surface area contributed by atoms with E-state index in [2.05, 4.69) is 51.7 Å². The summed E-state index contributed by atoms with van der Waals surface area (Å²) in [6.07, 6.45) is 3.49. The van der Waals surface area contributed by atoms with Crippen molar-refractivity contribution in [3.63, 3.8) is 0 Å². The van der Waals surface area contributed by atoms with Gasteiger partial charge >= 0.3 is 0 Å². The Morgan fingerprint density at radius 2 is 1.92 bits per heavy atom. The van der Waals surface area contributed by atoms with E-state index in [0.29, 0.717) is 0 Å². The zero-order chi connectivity index (χ0) is 17.9. The van der Waals surface area contributed by atoms with Gasteiger partial charge in [-0.15, -0.1) is 0 Å². The van der Waals surface area contributed by atoms with Crippen molar-refractivity contribution in [2.45, 2.75) is 32.7 Å². The van der Waals surface area contributed by atoms with Crippen LogP contribution in [0, 0.1) is 12.8 Å². The molecule has 5 heteroatoms. The van der Waals surface area contributed by atoms with Crippen LogP contribution in [0.3, 0.4) is 0 Å². The molecule has 0 atom stereocenters. The van der Waals surface area contributed by atoms with Crippen LogP contribution in [-0.2, 0) is 11.3 Å². The molecule has 0 saturated carbocycles. The van der Waals surface area contributed by atoms with Gasteiger partial charge in [0.15, 0.2) is 5.96 Å². The van der Waals surface area contributed by atoms with Crippen LogP contribution in [0.15, 0.2) is 29.3 Å². The van der Waals surface area contributed by atoms with Gasteiger partial charge in [-0.1, -0.05) is 29.8 Å². The minimum atomic E-state index is 0.729. The van der Waals surface area contributed by atoms with Gasteiger partial charge in [0.1, 0.15) is 0 Å². The van der Waals surface area contributed by atoms with Crippen molar-refractivity contribution in [3.05, 3.63) is 35.4 Å². The van der Waals surface area contributed by atoms with Crippen LogP contribution in [0.2, 0.25) is 0 Å². The molecule has 1 saturated heterocycles. The van der Waals surface area contributed by atoms with Gasteiger partial charge in [0.05, 0.1) is 0 Å². The van der Waals surface area contributed by atoms with E-state index in [4.69, 9.17) is 4.74 Å². The SMILES string of the molecule is CN=C(NCCCOC)NCC1CCN(Cc2ccc(C)cc2)CC1. The van der Waals surface area contributed by atoms with Crippen molar-refractivity contribution in [1.29, 1.82) is 0 Å². The van der Waals surface area contributed by atoms with Crippen molar-refractivity contribution in [2.24, 2.45) is 10.9 Å². The number of piperidine rings is 1. The molecule has 2 N–H and O–H groups in total. The van der Waals surface area contributed by atoms with Crippen molar-refractivity contribution >= 4 is 5.96 Å². The fourth-order valence-corrected chi connectivity index (χ4v) is 3.19. The highest BCUT2D eigenvalue weighted by Crippen LogP contribution is 2.18. The molecule has 2 rings (SSSR count). The molecule has 1 aromatic carbocycles. The van der Waals surface area contributed by atoms with Crippen molar-refractivity contribution < 1.29 is 4.74 Å². The number of aliphatic imine (C=N–C) groups is 1. The second-order valence-corrected chi connectivity index (χ2v) is 6.93. The monoisotopic (exact) mass is 346 g/mol. The first-order valence-corrected chi connectivity index (χ1v) is 9.42. The standard InChI is InChI=1S/C20H34N4O/c1-17-5-7-19(8-6-17)16-24-12-9-18(10-13-24)15-23-20(21-2)22-11-4-14-25-3/h5-8,18H,4,9-16H2,1-3H3,(H2,21,22,23). The topological polar surface area (TPSA) is 48.9 Å². The van der Waals surface area contributed by atoms with Crippen LogP contribution in [0.1, 0.15) is 30.4 Å². The molecule has 1 heterocycles. The third-order valence-corrected chi connectivity index (χ3v) is 4.83. The first-order chi connectivity index (χ1) is 12.2. The second kappa shape index (κ2) is 11.1. The highest BCUT2D eigenvalue weighted by molar-refractivity contribution is 5.79. The lowest BCUT2D eigenvalue weighted by atomic mass is 9.96. The number of ether oxygens (including phenoxy) is 1. The summed E-state index contributed by atoms with van der Waals surface area (Å²) >= 11 is 0. The molecule has 5 nitrogen and oxygen atoms in total. The Morgan fingerprint density at radius 3 is 2.56 bits per heavy atom. The third-order valence-electron chi connectivity index (χ3n) is 4.83. The normalized spacial score (nSPS) is 16.8. The van der Waals surface area contributed by atoms with Crippen LogP contribution < -0.4 is 10.6 Å². The van der Waals surface area contributed by atoms with E-state index in [1.54, 1.807) is 7.11 Å². The Balaban J connectivity index is 1.63. The van der Waals surface area contributed by atoms with E-state index < -0.39 is 0 Å². The molecular weight excluding hydrogens is 312 g/mol. The Morgan fingerprint density at radius 1 is 1.20 bits per heavy atom. The molecule has 1 aliphatic heterocycles. The summed E-state index contributed by atoms with van der Waals surface area (Å²) in [5, 5.41) is 6.80. The first-order valence-electron chi connectivity index (χ1n) is 9.42. The van der Waals surface area contributed by atoms with Crippen molar-refractivity contribution in [1.82, 2.24) is 15.5 Å².